The van der Waals surface area contributed by atoms with Crippen LogP contribution in [0.5, 0.6) is 0 Å². The molecule has 0 saturated heterocycles. The van der Waals surface area contributed by atoms with Gasteiger partial charge in [0.1, 0.15) is 0 Å². The Balaban J connectivity index is 3.16. The maximum absolute atomic E-state index is 12.3. The predicted molar refractivity (Wildman–Crippen MR) is 50.5 cm³/mol. The summed E-state index contributed by atoms with van der Waals surface area (Å²) >= 11 is 2.57. The molecule has 0 unspecified atom stereocenters. The van der Waals surface area contributed by atoms with E-state index in [9.17, 15) is 13.2 Å². The number of benzene rings is 1. The van der Waals surface area contributed by atoms with Crippen molar-refractivity contribution in [1.82, 2.24) is 0 Å². The molecule has 0 amide bonds. The van der Waals surface area contributed by atoms with Gasteiger partial charge in [-0.25, -0.2) is 0 Å². The molecule has 5 heteroatoms. The molecule has 0 radical (unpaired) electrons. The summed E-state index contributed by atoms with van der Waals surface area (Å²) in [5, 5.41) is 0. The molecule has 0 heterocycles. The second-order valence-corrected chi connectivity index (χ2v) is 5.60. The van der Waals surface area contributed by atoms with Gasteiger partial charge in [-0.1, -0.05) is 17.7 Å². The summed E-state index contributed by atoms with van der Waals surface area (Å²) in [6.45, 7) is 1.68. The molecule has 0 aliphatic heterocycles. The average molecular weight is 263 g/mol. The summed E-state index contributed by atoms with van der Waals surface area (Å²) in [6.07, 6.45) is -4.22. The van der Waals surface area contributed by atoms with Crippen molar-refractivity contribution in [3.63, 3.8) is 0 Å². The molecule has 0 spiro atoms. The average Bonchev–Trinajstić information content (AvgIpc) is 2.01. The highest BCUT2D eigenvalue weighted by molar-refractivity contribution is 9.23. The van der Waals surface area contributed by atoms with Crippen molar-refractivity contribution >= 4 is 34.8 Å². The SMILES string of the molecule is Cc1c[c]([Mg][Br])cc(C(F)(F)F)c1. The van der Waals surface area contributed by atoms with Crippen LogP contribution in [0.2, 0.25) is 0 Å². The molecule has 1 aromatic rings. The molecule has 0 fully saturated rings. The standard InChI is InChI=1S/C8H6F3.BrH.Mg/c1-6-3-2-4-7(5-6)8(9,10)11;;/h3-5H,1H3;1H;/q;;+1/p-1. The second kappa shape index (κ2) is 4.19. The zero-order valence-electron chi connectivity index (χ0n) is 6.95. The molecular formula is C8H6BrF3Mg. The summed E-state index contributed by atoms with van der Waals surface area (Å²) in [5.41, 5.74) is 0.117. The van der Waals surface area contributed by atoms with Gasteiger partial charge in [0.05, 0.1) is 5.56 Å². The molecule has 0 aromatic heterocycles. The number of alkyl halides is 3. The maximum Gasteiger partial charge on any atom is 0.506 e. The van der Waals surface area contributed by atoms with Crippen LogP contribution in [-0.2, 0) is 6.18 Å². The zero-order chi connectivity index (χ0) is 10.1. The molecule has 1 aromatic carbocycles. The minimum Gasteiger partial charge on any atom is -0.296 e. The van der Waals surface area contributed by atoms with Gasteiger partial charge in [-0.15, -0.1) is 0 Å². The summed E-state index contributed by atoms with van der Waals surface area (Å²) < 4.78 is 37.6. The van der Waals surface area contributed by atoms with Crippen LogP contribution >= 0.6 is 12.9 Å². The van der Waals surface area contributed by atoms with E-state index in [0.717, 1.165) is 3.69 Å². The van der Waals surface area contributed by atoms with E-state index in [4.69, 9.17) is 0 Å². The topological polar surface area (TPSA) is 0 Å². The van der Waals surface area contributed by atoms with E-state index in [1.807, 2.05) is 0 Å². The van der Waals surface area contributed by atoms with Crippen molar-refractivity contribution in [2.75, 3.05) is 0 Å². The van der Waals surface area contributed by atoms with E-state index >= 15 is 0 Å². The van der Waals surface area contributed by atoms with Crippen molar-refractivity contribution in [2.45, 2.75) is 13.1 Å². The van der Waals surface area contributed by atoms with Gasteiger partial charge in [0.15, 0.2) is 0 Å². The fourth-order valence-corrected chi connectivity index (χ4v) is 2.77. The quantitative estimate of drug-likeness (QED) is 0.683. The largest absolute Gasteiger partial charge is 0.506 e. The Labute approximate surface area is 90.1 Å². The Morgan fingerprint density at radius 2 is 1.85 bits per heavy atom. The van der Waals surface area contributed by atoms with Crippen LogP contribution in [0.4, 0.5) is 13.2 Å². The van der Waals surface area contributed by atoms with Crippen molar-refractivity contribution in [1.29, 1.82) is 0 Å². The van der Waals surface area contributed by atoms with E-state index in [0.29, 0.717) is 5.56 Å². The number of hydrogen-bond donors (Lipinski definition) is 0. The van der Waals surface area contributed by atoms with E-state index in [2.05, 4.69) is 12.9 Å². The lowest BCUT2D eigenvalue weighted by Crippen LogP contribution is -2.14. The molecule has 0 aliphatic carbocycles. The van der Waals surface area contributed by atoms with Crippen molar-refractivity contribution < 1.29 is 13.2 Å². The van der Waals surface area contributed by atoms with Crippen LogP contribution in [0.3, 0.4) is 0 Å². The molecule has 1 rings (SSSR count). The van der Waals surface area contributed by atoms with Crippen LogP contribution in [0, 0.1) is 6.92 Å². The molecule has 0 bridgehead atoms. The lowest BCUT2D eigenvalue weighted by molar-refractivity contribution is -0.137. The van der Waals surface area contributed by atoms with Gasteiger partial charge in [0.2, 0.25) is 0 Å². The number of halogens is 4. The Kier molecular flexibility index (Phi) is 3.65. The smallest absolute Gasteiger partial charge is 0.296 e. The predicted octanol–water partition coefficient (Wildman–Crippen LogP) is 2.65. The van der Waals surface area contributed by atoms with Crippen molar-refractivity contribution in [3.05, 3.63) is 29.3 Å². The Bertz CT molecular complexity index is 309. The van der Waals surface area contributed by atoms with Gasteiger partial charge in [-0.05, 0) is 13.0 Å². The number of hydrogen-bond acceptors (Lipinski definition) is 0. The first-order valence-electron chi connectivity index (χ1n) is 3.67. The molecule has 0 saturated carbocycles. The van der Waals surface area contributed by atoms with Crippen LogP contribution in [0.25, 0.3) is 0 Å². The summed E-state index contributed by atoms with van der Waals surface area (Å²) in [7, 11) is 0. The Morgan fingerprint density at radius 3 is 2.31 bits per heavy atom. The Hall–Kier alpha value is 0.256. The summed E-state index contributed by atoms with van der Waals surface area (Å²) in [5.74, 6) is 0. The lowest BCUT2D eigenvalue weighted by Gasteiger charge is -2.09. The maximum atomic E-state index is 12.3. The van der Waals surface area contributed by atoms with E-state index in [1.165, 1.54) is 12.1 Å². The zero-order valence-corrected chi connectivity index (χ0v) is 9.95. The highest BCUT2D eigenvalue weighted by atomic mass is 79.9. The Morgan fingerprint density at radius 1 is 1.23 bits per heavy atom. The highest BCUT2D eigenvalue weighted by Crippen LogP contribution is 2.28. The van der Waals surface area contributed by atoms with Crippen LogP contribution in [0.15, 0.2) is 18.2 Å². The van der Waals surface area contributed by atoms with Gasteiger partial charge in [0, 0.05) is 0 Å². The first-order valence-corrected chi connectivity index (χ1v) is 8.28. The first-order chi connectivity index (χ1) is 5.93. The van der Waals surface area contributed by atoms with Gasteiger partial charge < -0.3 is 0 Å². The van der Waals surface area contributed by atoms with Crippen molar-refractivity contribution in [2.24, 2.45) is 0 Å². The van der Waals surface area contributed by atoms with Gasteiger partial charge in [-0.3, -0.25) is 12.9 Å². The third kappa shape index (κ3) is 3.14. The van der Waals surface area contributed by atoms with Crippen molar-refractivity contribution in [3.8, 4) is 0 Å². The second-order valence-electron chi connectivity index (χ2n) is 2.84. The fraction of sp³-hybridized carbons (Fsp3) is 0.250. The molecule has 0 atom stereocenters. The molecular weight excluding hydrogens is 257 g/mol. The van der Waals surface area contributed by atoms with Crippen LogP contribution in [0.1, 0.15) is 11.1 Å². The van der Waals surface area contributed by atoms with Gasteiger partial charge in [-0.2, -0.15) is 16.9 Å². The third-order valence-electron chi connectivity index (χ3n) is 1.62. The minimum atomic E-state index is -4.22. The normalized spacial score (nSPS) is 11.2. The first kappa shape index (κ1) is 11.3. The fourth-order valence-electron chi connectivity index (χ4n) is 1.10. The minimum absolute atomic E-state index is 0.547. The molecule has 0 N–H and O–H groups in total. The molecule has 13 heavy (non-hydrogen) atoms. The van der Waals surface area contributed by atoms with E-state index < -0.39 is 29.9 Å². The van der Waals surface area contributed by atoms with E-state index in [-0.39, 0.29) is 0 Å². The summed E-state index contributed by atoms with van der Waals surface area (Å²) in [4.78, 5) is 0. The summed E-state index contributed by atoms with van der Waals surface area (Å²) in [6, 6.07) is 4.17. The van der Waals surface area contributed by atoms with Gasteiger partial charge >= 0.3 is 24.4 Å². The molecule has 0 aliphatic rings. The molecule has 0 nitrogen and oxygen atoms in total. The number of rotatable bonds is 1. The third-order valence-corrected chi connectivity index (χ3v) is 4.28. The van der Waals surface area contributed by atoms with E-state index in [1.54, 1.807) is 13.0 Å². The monoisotopic (exact) mass is 262 g/mol. The number of aryl methyl sites for hydroxylation is 1. The van der Waals surface area contributed by atoms with Gasteiger partial charge in [0.25, 0.3) is 0 Å². The molecule has 68 valence electrons. The van der Waals surface area contributed by atoms with Crippen LogP contribution in [-0.4, -0.2) is 18.2 Å². The highest BCUT2D eigenvalue weighted by Gasteiger charge is 2.30. The lowest BCUT2D eigenvalue weighted by atomic mass is 10.1. The van der Waals surface area contributed by atoms with Crippen LogP contribution < -0.4 is 3.69 Å².